The maximum absolute atomic E-state index is 12.5. The first-order valence-corrected chi connectivity index (χ1v) is 10.0. The molecule has 0 spiro atoms. The highest BCUT2D eigenvalue weighted by atomic mass is 32.2. The number of carbonyl (C=O) groups is 1. The molecule has 2 aromatic rings. The molecule has 1 aliphatic rings. The van der Waals surface area contributed by atoms with Gasteiger partial charge in [-0.25, -0.2) is 4.98 Å². The van der Waals surface area contributed by atoms with Crippen molar-refractivity contribution in [2.75, 3.05) is 6.54 Å². The summed E-state index contributed by atoms with van der Waals surface area (Å²) in [5, 5.41) is 6.31. The smallest absolute Gasteiger partial charge is 0.251 e. The summed E-state index contributed by atoms with van der Waals surface area (Å²) in [6.45, 7) is 4.54. The minimum absolute atomic E-state index is 0.0403. The molecular weight excluding hydrogens is 338 g/mol. The fraction of sp³-hybridized carbons (Fsp3) is 0.444. The Balaban J connectivity index is 1.58. The van der Waals surface area contributed by atoms with Crippen molar-refractivity contribution in [1.82, 2.24) is 10.3 Å². The third-order valence-corrected chi connectivity index (χ3v) is 6.34. The molecule has 6 heteroatoms. The van der Waals surface area contributed by atoms with Gasteiger partial charge < -0.3 is 11.1 Å². The van der Waals surface area contributed by atoms with Gasteiger partial charge in [0.1, 0.15) is 0 Å². The van der Waals surface area contributed by atoms with Crippen LogP contribution in [-0.4, -0.2) is 23.0 Å². The first kappa shape index (κ1) is 17.5. The van der Waals surface area contributed by atoms with E-state index in [0.717, 1.165) is 34.2 Å². The second-order valence-electron chi connectivity index (χ2n) is 6.52. The topological polar surface area (TPSA) is 68.0 Å². The fourth-order valence-electron chi connectivity index (χ4n) is 2.71. The van der Waals surface area contributed by atoms with Gasteiger partial charge in [0.2, 0.25) is 0 Å². The quantitative estimate of drug-likeness (QED) is 0.740. The van der Waals surface area contributed by atoms with Crippen molar-refractivity contribution in [3.05, 3.63) is 45.9 Å². The number of nitrogens with zero attached hydrogens (tertiary/aromatic N) is 1. The van der Waals surface area contributed by atoms with Crippen LogP contribution in [0.2, 0.25) is 0 Å². The van der Waals surface area contributed by atoms with Crippen LogP contribution in [0.3, 0.4) is 0 Å². The molecule has 128 valence electrons. The van der Waals surface area contributed by atoms with Gasteiger partial charge in [-0.2, -0.15) is 0 Å². The zero-order valence-corrected chi connectivity index (χ0v) is 15.7. The first-order chi connectivity index (χ1) is 11.5. The van der Waals surface area contributed by atoms with Gasteiger partial charge in [0.05, 0.1) is 16.2 Å². The number of thiazole rings is 1. The molecule has 24 heavy (non-hydrogen) atoms. The van der Waals surface area contributed by atoms with E-state index in [9.17, 15) is 4.79 Å². The first-order valence-electron chi connectivity index (χ1n) is 8.16. The lowest BCUT2D eigenvalue weighted by molar-refractivity contribution is 0.0898. The number of hydrogen-bond acceptors (Lipinski definition) is 5. The lowest BCUT2D eigenvalue weighted by atomic mass is 9.95. The van der Waals surface area contributed by atoms with E-state index >= 15 is 0 Å². The molecule has 0 radical (unpaired) electrons. The molecule has 0 bridgehead atoms. The molecule has 1 fully saturated rings. The van der Waals surface area contributed by atoms with E-state index < -0.39 is 0 Å². The summed E-state index contributed by atoms with van der Waals surface area (Å²) in [5.41, 5.74) is 7.38. The Morgan fingerprint density at radius 2 is 2.12 bits per heavy atom. The molecular formula is C18H23N3OS2. The van der Waals surface area contributed by atoms with Gasteiger partial charge >= 0.3 is 0 Å². The molecule has 0 aliphatic heterocycles. The number of aromatic nitrogens is 1. The number of thioether (sulfide) groups is 1. The fourth-order valence-corrected chi connectivity index (χ4v) is 4.22. The lowest BCUT2D eigenvalue weighted by Gasteiger charge is -2.29. The summed E-state index contributed by atoms with van der Waals surface area (Å²) in [4.78, 5) is 18.1. The number of hydrogen-bond donors (Lipinski definition) is 2. The van der Waals surface area contributed by atoms with Gasteiger partial charge in [-0.3, -0.25) is 4.79 Å². The molecule has 3 N–H and O–H groups in total. The summed E-state index contributed by atoms with van der Waals surface area (Å²) < 4.78 is 0. The molecule has 1 aromatic heterocycles. The maximum Gasteiger partial charge on any atom is 0.251 e. The predicted molar refractivity (Wildman–Crippen MR) is 101 cm³/mol. The van der Waals surface area contributed by atoms with E-state index in [1.54, 1.807) is 23.1 Å². The Morgan fingerprint density at radius 1 is 1.42 bits per heavy atom. The Labute approximate surface area is 151 Å². The van der Waals surface area contributed by atoms with E-state index in [4.69, 9.17) is 5.73 Å². The second-order valence-corrected chi connectivity index (χ2v) is 8.63. The van der Waals surface area contributed by atoms with Crippen molar-refractivity contribution in [3.63, 3.8) is 0 Å². The number of carbonyl (C=O) groups excluding carboxylic acids is 1. The van der Waals surface area contributed by atoms with Crippen molar-refractivity contribution in [3.8, 4) is 0 Å². The van der Waals surface area contributed by atoms with Gasteiger partial charge in [0.15, 0.2) is 0 Å². The molecule has 1 aromatic carbocycles. The molecule has 1 aliphatic carbocycles. The minimum Gasteiger partial charge on any atom is -0.345 e. The van der Waals surface area contributed by atoms with E-state index in [1.807, 2.05) is 38.1 Å². The Kier molecular flexibility index (Phi) is 5.27. The number of amides is 1. The SMILES string of the molecule is Cc1nc(CSc2ccc(C(=O)NC(C)(CN)C3CC3)cc2)cs1. The summed E-state index contributed by atoms with van der Waals surface area (Å²) in [5.74, 6) is 1.33. The highest BCUT2D eigenvalue weighted by molar-refractivity contribution is 7.98. The average molecular weight is 362 g/mol. The van der Waals surface area contributed by atoms with Crippen LogP contribution in [-0.2, 0) is 5.75 Å². The predicted octanol–water partition coefficient (Wildman–Crippen LogP) is 3.60. The van der Waals surface area contributed by atoms with Gasteiger partial charge in [0, 0.05) is 28.1 Å². The van der Waals surface area contributed by atoms with Crippen LogP contribution >= 0.6 is 23.1 Å². The van der Waals surface area contributed by atoms with E-state index in [-0.39, 0.29) is 11.4 Å². The normalized spacial score (nSPS) is 16.6. The zero-order chi connectivity index (χ0) is 17.2. The van der Waals surface area contributed by atoms with Crippen LogP contribution in [0.25, 0.3) is 0 Å². The monoisotopic (exact) mass is 361 g/mol. The highest BCUT2D eigenvalue weighted by Gasteiger charge is 2.41. The van der Waals surface area contributed by atoms with Crippen molar-refractivity contribution in [2.24, 2.45) is 11.7 Å². The van der Waals surface area contributed by atoms with Gasteiger partial charge in [-0.15, -0.1) is 23.1 Å². The van der Waals surface area contributed by atoms with Crippen LogP contribution in [0.15, 0.2) is 34.5 Å². The molecule has 1 amide bonds. The van der Waals surface area contributed by atoms with Crippen molar-refractivity contribution >= 4 is 29.0 Å². The highest BCUT2D eigenvalue weighted by Crippen LogP contribution is 2.39. The number of nitrogens with one attached hydrogen (secondary N) is 1. The largest absolute Gasteiger partial charge is 0.345 e. The summed E-state index contributed by atoms with van der Waals surface area (Å²) >= 11 is 3.41. The lowest BCUT2D eigenvalue weighted by Crippen LogP contribution is -2.53. The van der Waals surface area contributed by atoms with Crippen LogP contribution in [0, 0.1) is 12.8 Å². The van der Waals surface area contributed by atoms with Crippen molar-refractivity contribution in [2.45, 2.75) is 42.9 Å². The molecule has 0 saturated heterocycles. The Bertz CT molecular complexity index is 709. The molecule has 3 rings (SSSR count). The molecule has 4 nitrogen and oxygen atoms in total. The maximum atomic E-state index is 12.5. The van der Waals surface area contributed by atoms with E-state index in [2.05, 4.69) is 15.7 Å². The Hall–Kier alpha value is -1.37. The number of benzene rings is 1. The Morgan fingerprint density at radius 3 is 2.67 bits per heavy atom. The zero-order valence-electron chi connectivity index (χ0n) is 14.0. The summed E-state index contributed by atoms with van der Waals surface area (Å²) in [7, 11) is 0. The molecule has 1 unspecified atom stereocenters. The summed E-state index contributed by atoms with van der Waals surface area (Å²) in [6, 6.07) is 7.76. The van der Waals surface area contributed by atoms with E-state index in [0.29, 0.717) is 18.0 Å². The summed E-state index contributed by atoms with van der Waals surface area (Å²) in [6.07, 6.45) is 2.30. The molecule has 1 atom stereocenters. The molecule has 1 saturated carbocycles. The third kappa shape index (κ3) is 4.18. The number of aryl methyl sites for hydroxylation is 1. The van der Waals surface area contributed by atoms with Gasteiger partial charge in [-0.05, 0) is 56.9 Å². The second kappa shape index (κ2) is 7.25. The average Bonchev–Trinajstić information content (AvgIpc) is 3.36. The van der Waals surface area contributed by atoms with E-state index in [1.165, 1.54) is 0 Å². The van der Waals surface area contributed by atoms with Crippen LogP contribution in [0.1, 0.15) is 40.8 Å². The molecule has 1 heterocycles. The van der Waals surface area contributed by atoms with Crippen LogP contribution in [0.5, 0.6) is 0 Å². The standard InChI is InChI=1S/C18H23N3OS2/c1-12-20-15(9-23-12)10-24-16-7-3-13(4-8-16)17(22)21-18(2,11-19)14-5-6-14/h3-4,7-9,14H,5-6,10-11,19H2,1-2H3,(H,21,22). The minimum atomic E-state index is -0.285. The third-order valence-electron chi connectivity index (χ3n) is 4.47. The van der Waals surface area contributed by atoms with Gasteiger partial charge in [0.25, 0.3) is 5.91 Å². The number of rotatable bonds is 7. The van der Waals surface area contributed by atoms with Crippen LogP contribution < -0.4 is 11.1 Å². The van der Waals surface area contributed by atoms with Gasteiger partial charge in [-0.1, -0.05) is 0 Å². The number of nitrogens with two attached hydrogens (primary N) is 1. The van der Waals surface area contributed by atoms with Crippen molar-refractivity contribution in [1.29, 1.82) is 0 Å². The van der Waals surface area contributed by atoms with Crippen molar-refractivity contribution < 1.29 is 4.79 Å². The van der Waals surface area contributed by atoms with Crippen LogP contribution in [0.4, 0.5) is 0 Å².